The van der Waals surface area contributed by atoms with Gasteiger partial charge in [0.05, 0.1) is 6.20 Å². The molecule has 1 saturated heterocycles. The van der Waals surface area contributed by atoms with E-state index in [9.17, 15) is 0 Å². The van der Waals surface area contributed by atoms with Gasteiger partial charge in [-0.2, -0.15) is 5.10 Å². The van der Waals surface area contributed by atoms with Crippen molar-refractivity contribution in [2.75, 3.05) is 26.7 Å². The molecule has 6 heteroatoms. The molecule has 2 aromatic rings. The van der Waals surface area contributed by atoms with Gasteiger partial charge in [0.1, 0.15) is 0 Å². The molecule has 0 bridgehead atoms. The molecular formula is C20H30IN5. The first-order valence-electron chi connectivity index (χ1n) is 9.21. The predicted octanol–water partition coefficient (Wildman–Crippen LogP) is 3.21. The van der Waals surface area contributed by atoms with E-state index in [0.29, 0.717) is 5.92 Å². The SMILES string of the molecule is CCc1ccc(CCNC(=NC)N2CCC(c3cnn(C)c3)C2)cc1.I. The van der Waals surface area contributed by atoms with Crippen LogP contribution < -0.4 is 5.32 Å². The van der Waals surface area contributed by atoms with Gasteiger partial charge in [-0.3, -0.25) is 9.67 Å². The Bertz CT molecular complexity index is 707. The summed E-state index contributed by atoms with van der Waals surface area (Å²) in [6.45, 7) is 5.16. The van der Waals surface area contributed by atoms with Crippen LogP contribution in [0.25, 0.3) is 0 Å². The van der Waals surface area contributed by atoms with Crippen LogP contribution in [0.5, 0.6) is 0 Å². The van der Waals surface area contributed by atoms with Gasteiger partial charge in [0, 0.05) is 45.8 Å². The molecule has 0 saturated carbocycles. The third-order valence-corrected chi connectivity index (χ3v) is 5.02. The first-order valence-corrected chi connectivity index (χ1v) is 9.21. The average molecular weight is 467 g/mol. The smallest absolute Gasteiger partial charge is 0.193 e. The third-order valence-electron chi connectivity index (χ3n) is 5.02. The molecule has 0 aliphatic carbocycles. The molecule has 3 rings (SSSR count). The summed E-state index contributed by atoms with van der Waals surface area (Å²) in [7, 11) is 3.85. The Labute approximate surface area is 173 Å². The van der Waals surface area contributed by atoms with Crippen LogP contribution in [-0.2, 0) is 19.9 Å². The summed E-state index contributed by atoms with van der Waals surface area (Å²) >= 11 is 0. The van der Waals surface area contributed by atoms with Crippen molar-refractivity contribution in [1.82, 2.24) is 20.0 Å². The van der Waals surface area contributed by atoms with E-state index in [1.807, 2.05) is 25.0 Å². The van der Waals surface area contributed by atoms with Gasteiger partial charge >= 0.3 is 0 Å². The minimum Gasteiger partial charge on any atom is -0.356 e. The number of nitrogens with one attached hydrogen (secondary N) is 1. The van der Waals surface area contributed by atoms with E-state index >= 15 is 0 Å². The molecule has 0 amide bonds. The molecule has 0 spiro atoms. The van der Waals surface area contributed by atoms with E-state index < -0.39 is 0 Å². The van der Waals surface area contributed by atoms with Crippen molar-refractivity contribution in [1.29, 1.82) is 0 Å². The summed E-state index contributed by atoms with van der Waals surface area (Å²) in [4.78, 5) is 6.83. The zero-order chi connectivity index (χ0) is 17.6. The summed E-state index contributed by atoms with van der Waals surface area (Å²) < 4.78 is 1.88. The van der Waals surface area contributed by atoms with Crippen molar-refractivity contribution in [3.63, 3.8) is 0 Å². The van der Waals surface area contributed by atoms with Crippen molar-refractivity contribution in [2.45, 2.75) is 32.1 Å². The van der Waals surface area contributed by atoms with E-state index in [1.165, 1.54) is 16.7 Å². The summed E-state index contributed by atoms with van der Waals surface area (Å²) in [6, 6.07) is 8.92. The zero-order valence-corrected chi connectivity index (χ0v) is 18.3. The van der Waals surface area contributed by atoms with Gasteiger partial charge in [-0.25, -0.2) is 0 Å². The fourth-order valence-electron chi connectivity index (χ4n) is 3.47. The van der Waals surface area contributed by atoms with Gasteiger partial charge < -0.3 is 10.2 Å². The Kier molecular flexibility index (Phi) is 7.93. The molecule has 1 atom stereocenters. The summed E-state index contributed by atoms with van der Waals surface area (Å²) in [5.74, 6) is 1.56. The van der Waals surface area contributed by atoms with Crippen LogP contribution >= 0.6 is 24.0 Å². The Morgan fingerprint density at radius 2 is 2.00 bits per heavy atom. The molecule has 0 radical (unpaired) electrons. The molecule has 26 heavy (non-hydrogen) atoms. The summed E-state index contributed by atoms with van der Waals surface area (Å²) in [6.07, 6.45) is 7.39. The van der Waals surface area contributed by atoms with E-state index in [0.717, 1.165) is 44.9 Å². The standard InChI is InChI=1S/C20H29N5.HI/c1-4-16-5-7-17(8-6-16)9-11-22-20(21-2)25-12-10-18(15-25)19-13-23-24(3)14-19;/h5-8,13-14,18H,4,9-12,15H2,1-3H3,(H,21,22);1H. The van der Waals surface area contributed by atoms with Crippen molar-refractivity contribution < 1.29 is 0 Å². The number of likely N-dealkylation sites (tertiary alicyclic amines) is 1. The maximum absolute atomic E-state index is 4.47. The molecule has 1 aromatic carbocycles. The van der Waals surface area contributed by atoms with Crippen LogP contribution in [0.3, 0.4) is 0 Å². The number of halogens is 1. The predicted molar refractivity (Wildman–Crippen MR) is 118 cm³/mol. The second-order valence-corrected chi connectivity index (χ2v) is 6.77. The topological polar surface area (TPSA) is 45.5 Å². The number of hydrogen-bond donors (Lipinski definition) is 1. The van der Waals surface area contributed by atoms with Crippen LogP contribution in [0, 0.1) is 0 Å². The van der Waals surface area contributed by atoms with Gasteiger partial charge in [0.25, 0.3) is 0 Å². The Morgan fingerprint density at radius 1 is 1.27 bits per heavy atom. The number of hydrogen-bond acceptors (Lipinski definition) is 2. The monoisotopic (exact) mass is 467 g/mol. The molecular weight excluding hydrogens is 437 g/mol. The number of guanidine groups is 1. The minimum atomic E-state index is 0. The highest BCUT2D eigenvalue weighted by molar-refractivity contribution is 14.0. The van der Waals surface area contributed by atoms with Crippen LogP contribution in [0.2, 0.25) is 0 Å². The molecule has 1 fully saturated rings. The van der Waals surface area contributed by atoms with Crippen LogP contribution in [-0.4, -0.2) is 47.3 Å². The van der Waals surface area contributed by atoms with E-state index in [2.05, 4.69) is 57.7 Å². The lowest BCUT2D eigenvalue weighted by atomic mass is 10.0. The van der Waals surface area contributed by atoms with Gasteiger partial charge in [-0.1, -0.05) is 31.2 Å². The Balaban J connectivity index is 0.00000243. The summed E-state index contributed by atoms with van der Waals surface area (Å²) in [5.41, 5.74) is 4.09. The highest BCUT2D eigenvalue weighted by Crippen LogP contribution is 2.26. The number of aryl methyl sites for hydroxylation is 2. The highest BCUT2D eigenvalue weighted by Gasteiger charge is 2.26. The minimum absolute atomic E-state index is 0. The zero-order valence-electron chi connectivity index (χ0n) is 16.0. The lowest BCUT2D eigenvalue weighted by molar-refractivity contribution is 0.486. The van der Waals surface area contributed by atoms with E-state index in [-0.39, 0.29) is 24.0 Å². The van der Waals surface area contributed by atoms with Gasteiger partial charge in [-0.05, 0) is 36.0 Å². The Morgan fingerprint density at radius 3 is 2.62 bits per heavy atom. The average Bonchev–Trinajstić information content (AvgIpc) is 3.28. The van der Waals surface area contributed by atoms with Crippen molar-refractivity contribution in [3.8, 4) is 0 Å². The normalized spacial score (nSPS) is 17.3. The number of aromatic nitrogens is 2. The van der Waals surface area contributed by atoms with Crippen molar-refractivity contribution in [3.05, 3.63) is 53.3 Å². The van der Waals surface area contributed by atoms with Gasteiger partial charge in [0.15, 0.2) is 5.96 Å². The summed E-state index contributed by atoms with van der Waals surface area (Å²) in [5, 5.41) is 7.82. The molecule has 142 valence electrons. The molecule has 1 aromatic heterocycles. The quantitative estimate of drug-likeness (QED) is 0.418. The number of nitrogens with zero attached hydrogens (tertiary/aromatic N) is 4. The van der Waals surface area contributed by atoms with E-state index in [4.69, 9.17) is 0 Å². The van der Waals surface area contributed by atoms with Gasteiger partial charge in [0.2, 0.25) is 0 Å². The lowest BCUT2D eigenvalue weighted by Crippen LogP contribution is -2.40. The fraction of sp³-hybridized carbons (Fsp3) is 0.500. The third kappa shape index (κ3) is 5.22. The lowest BCUT2D eigenvalue weighted by Gasteiger charge is -2.21. The van der Waals surface area contributed by atoms with Gasteiger partial charge in [-0.15, -0.1) is 24.0 Å². The number of benzene rings is 1. The molecule has 1 unspecified atom stereocenters. The maximum Gasteiger partial charge on any atom is 0.193 e. The highest BCUT2D eigenvalue weighted by atomic mass is 127. The fourth-order valence-corrected chi connectivity index (χ4v) is 3.47. The number of aliphatic imine (C=N–C) groups is 1. The molecule has 1 N–H and O–H groups in total. The van der Waals surface area contributed by atoms with Crippen LogP contribution in [0.15, 0.2) is 41.7 Å². The molecule has 1 aliphatic rings. The van der Waals surface area contributed by atoms with Crippen LogP contribution in [0.4, 0.5) is 0 Å². The Hall–Kier alpha value is -1.57. The van der Waals surface area contributed by atoms with E-state index in [1.54, 1.807) is 0 Å². The first-order chi connectivity index (χ1) is 12.2. The number of rotatable bonds is 5. The van der Waals surface area contributed by atoms with Crippen molar-refractivity contribution >= 4 is 29.9 Å². The molecule has 2 heterocycles. The largest absolute Gasteiger partial charge is 0.356 e. The van der Waals surface area contributed by atoms with Crippen molar-refractivity contribution in [2.24, 2.45) is 12.0 Å². The first kappa shape index (κ1) is 20.7. The molecule has 1 aliphatic heterocycles. The maximum atomic E-state index is 4.47. The second kappa shape index (κ2) is 9.94. The van der Waals surface area contributed by atoms with Crippen LogP contribution in [0.1, 0.15) is 36.0 Å². The second-order valence-electron chi connectivity index (χ2n) is 6.77. The molecule has 5 nitrogen and oxygen atoms in total.